The summed E-state index contributed by atoms with van der Waals surface area (Å²) in [6.45, 7) is 1.26. The highest BCUT2D eigenvalue weighted by atomic mass is 16.3. The Morgan fingerprint density at radius 1 is 1.17 bits per heavy atom. The predicted molar refractivity (Wildman–Crippen MR) is 111 cm³/mol. The number of aromatic nitrogens is 2. The van der Waals surface area contributed by atoms with Crippen molar-refractivity contribution >= 4 is 39.6 Å². The maximum atomic E-state index is 12.2. The highest BCUT2D eigenvalue weighted by Crippen LogP contribution is 2.29. The molecule has 0 aliphatic carbocycles. The fourth-order valence-corrected chi connectivity index (χ4v) is 3.17. The van der Waals surface area contributed by atoms with E-state index >= 15 is 0 Å². The summed E-state index contributed by atoms with van der Waals surface area (Å²) in [7, 11) is 1.27. The molecular weight excluding hydrogens is 374 g/mol. The molecule has 0 unspecified atom stereocenters. The Morgan fingerprint density at radius 2 is 1.93 bits per heavy atom. The van der Waals surface area contributed by atoms with Crippen LogP contribution >= 0.6 is 0 Å². The summed E-state index contributed by atoms with van der Waals surface area (Å²) in [5, 5.41) is 10.6. The summed E-state index contributed by atoms with van der Waals surface area (Å²) < 4.78 is 2.07. The van der Waals surface area contributed by atoms with Gasteiger partial charge in [-0.2, -0.15) is 5.01 Å². The van der Waals surface area contributed by atoms with E-state index in [1.807, 2.05) is 30.3 Å². The van der Waals surface area contributed by atoms with E-state index in [-0.39, 0.29) is 5.91 Å². The van der Waals surface area contributed by atoms with Crippen molar-refractivity contribution in [2.45, 2.75) is 19.4 Å². The number of aryl methyl sites for hydroxylation is 1. The fraction of sp³-hybridized carbons (Fsp3) is 0.316. The number of pyridine rings is 1. The van der Waals surface area contributed by atoms with E-state index in [9.17, 15) is 14.5 Å². The third kappa shape index (κ3) is 4.60. The molecule has 3 amide bonds. The first-order valence-corrected chi connectivity index (χ1v) is 9.25. The van der Waals surface area contributed by atoms with Crippen molar-refractivity contribution in [2.24, 2.45) is 5.29 Å². The van der Waals surface area contributed by atoms with Gasteiger partial charge in [-0.15, -0.1) is 4.91 Å². The Labute approximate surface area is 167 Å². The molecule has 3 aromatic rings. The third-order valence-corrected chi connectivity index (χ3v) is 4.61. The first kappa shape index (κ1) is 20.1. The fourth-order valence-electron chi connectivity index (χ4n) is 3.17. The molecule has 0 bridgehead atoms. The smallest absolute Gasteiger partial charge is 0.340 e. The lowest BCUT2D eigenvalue weighted by molar-refractivity contribution is -0.121. The second-order valence-corrected chi connectivity index (χ2v) is 6.59. The van der Waals surface area contributed by atoms with Crippen LogP contribution in [0.25, 0.3) is 21.8 Å². The number of benzene rings is 1. The first-order chi connectivity index (χ1) is 14.0. The number of fused-ring (bicyclic) bond motifs is 3. The molecule has 0 aliphatic rings. The van der Waals surface area contributed by atoms with Gasteiger partial charge in [-0.1, -0.05) is 18.2 Å². The van der Waals surface area contributed by atoms with Crippen LogP contribution in [0.15, 0.2) is 41.8 Å². The van der Waals surface area contributed by atoms with Gasteiger partial charge in [-0.05, 0) is 18.6 Å². The zero-order valence-corrected chi connectivity index (χ0v) is 16.1. The van der Waals surface area contributed by atoms with Gasteiger partial charge in [-0.3, -0.25) is 4.79 Å². The lowest BCUT2D eigenvalue weighted by Gasteiger charge is -2.10. The summed E-state index contributed by atoms with van der Waals surface area (Å²) in [4.78, 5) is 38.0. The van der Waals surface area contributed by atoms with Gasteiger partial charge in [-0.25, -0.2) is 9.78 Å². The highest BCUT2D eigenvalue weighted by Gasteiger charge is 2.12. The molecule has 1 aromatic carbocycles. The minimum absolute atomic E-state index is 0.0858. The molecular formula is C19H23N7O3. The molecule has 0 aliphatic heterocycles. The van der Waals surface area contributed by atoms with Crippen molar-refractivity contribution < 1.29 is 9.59 Å². The van der Waals surface area contributed by atoms with Gasteiger partial charge in [0.2, 0.25) is 5.91 Å². The molecule has 152 valence electrons. The first-order valence-electron chi connectivity index (χ1n) is 9.25. The van der Waals surface area contributed by atoms with Crippen LogP contribution in [0.1, 0.15) is 12.8 Å². The van der Waals surface area contributed by atoms with E-state index in [0.717, 1.165) is 21.8 Å². The Hall–Kier alpha value is -3.69. The van der Waals surface area contributed by atoms with Crippen molar-refractivity contribution in [1.29, 1.82) is 0 Å². The molecule has 0 saturated heterocycles. The van der Waals surface area contributed by atoms with Crippen LogP contribution in [0.4, 0.5) is 10.6 Å². The number of nitrogens with one attached hydrogen (secondary N) is 2. The lowest BCUT2D eigenvalue weighted by Crippen LogP contribution is -2.35. The molecule has 0 saturated carbocycles. The van der Waals surface area contributed by atoms with Gasteiger partial charge < -0.3 is 20.9 Å². The molecule has 2 aromatic heterocycles. The Morgan fingerprint density at radius 3 is 2.72 bits per heavy atom. The van der Waals surface area contributed by atoms with Gasteiger partial charge in [0, 0.05) is 49.4 Å². The maximum Gasteiger partial charge on any atom is 0.340 e. The van der Waals surface area contributed by atoms with E-state index in [4.69, 9.17) is 5.73 Å². The number of nitrogens with zero attached hydrogens (tertiary/aromatic N) is 4. The highest BCUT2D eigenvalue weighted by molar-refractivity contribution is 6.08. The van der Waals surface area contributed by atoms with Crippen molar-refractivity contribution in [2.75, 3.05) is 25.9 Å². The summed E-state index contributed by atoms with van der Waals surface area (Å²) in [6, 6.07) is 9.24. The minimum atomic E-state index is -0.577. The van der Waals surface area contributed by atoms with Crippen LogP contribution in [0.2, 0.25) is 0 Å². The summed E-state index contributed by atoms with van der Waals surface area (Å²) in [5.41, 5.74) is 7.80. The van der Waals surface area contributed by atoms with Gasteiger partial charge >= 0.3 is 6.03 Å². The summed E-state index contributed by atoms with van der Waals surface area (Å²) >= 11 is 0. The number of carbonyl (C=O) groups excluding carboxylic acids is 2. The number of rotatable bonds is 8. The molecule has 3 rings (SSSR count). The molecule has 2 heterocycles. The van der Waals surface area contributed by atoms with E-state index in [1.165, 1.54) is 7.05 Å². The number of hydrogen-bond acceptors (Lipinski definition) is 6. The number of amides is 3. The Balaban J connectivity index is 1.55. The molecule has 0 radical (unpaired) electrons. The number of urea groups is 1. The monoisotopic (exact) mass is 397 g/mol. The number of hydrogen-bond donors (Lipinski definition) is 3. The lowest BCUT2D eigenvalue weighted by atomic mass is 10.2. The van der Waals surface area contributed by atoms with Crippen LogP contribution in [0, 0.1) is 4.91 Å². The van der Waals surface area contributed by atoms with Crippen molar-refractivity contribution in [3.8, 4) is 0 Å². The zero-order valence-electron chi connectivity index (χ0n) is 16.1. The number of nitroso groups, excluding NO2 is 1. The quantitative estimate of drug-likeness (QED) is 0.303. The van der Waals surface area contributed by atoms with Crippen LogP contribution in [0.5, 0.6) is 0 Å². The number of nitrogen functional groups attached to an aromatic ring is 1. The van der Waals surface area contributed by atoms with Crippen LogP contribution in [-0.4, -0.2) is 46.6 Å². The molecule has 10 nitrogen and oxygen atoms in total. The van der Waals surface area contributed by atoms with Crippen LogP contribution in [0.3, 0.4) is 0 Å². The van der Waals surface area contributed by atoms with Gasteiger partial charge in [0.25, 0.3) is 0 Å². The minimum Gasteiger partial charge on any atom is -0.384 e. The van der Waals surface area contributed by atoms with Crippen molar-refractivity contribution in [3.05, 3.63) is 41.4 Å². The molecule has 0 atom stereocenters. The van der Waals surface area contributed by atoms with Gasteiger partial charge in [0.15, 0.2) is 0 Å². The standard InChI is InChI=1S/C19H23N7O3/c1-25(24-29)19(28)22-9-4-8-21-18(27)7-10-26-15-6-3-2-5-13(15)14-11-17(20)23-12-16(14)26/h2-3,5-6,11-12H,4,7-10H2,1H3,(H2,20,23)(H,21,27)(H,22,28). The largest absolute Gasteiger partial charge is 0.384 e. The van der Waals surface area contributed by atoms with Crippen molar-refractivity contribution in [3.63, 3.8) is 0 Å². The summed E-state index contributed by atoms with van der Waals surface area (Å²) in [6.07, 6.45) is 2.58. The maximum absolute atomic E-state index is 12.2. The molecule has 4 N–H and O–H groups in total. The average molecular weight is 397 g/mol. The molecule has 0 spiro atoms. The second-order valence-electron chi connectivity index (χ2n) is 6.59. The van der Waals surface area contributed by atoms with Gasteiger partial charge in [0.05, 0.1) is 17.0 Å². The second kappa shape index (κ2) is 9.00. The van der Waals surface area contributed by atoms with Crippen LogP contribution < -0.4 is 16.4 Å². The zero-order chi connectivity index (χ0) is 20.8. The number of carbonyl (C=O) groups is 2. The Bertz CT molecular complexity index is 1050. The van der Waals surface area contributed by atoms with Crippen LogP contribution in [-0.2, 0) is 11.3 Å². The molecule has 10 heteroatoms. The van der Waals surface area contributed by atoms with E-state index in [0.29, 0.717) is 43.3 Å². The SMILES string of the molecule is CN(N=O)C(=O)NCCCNC(=O)CCn1c2ccccc2c2cc(N)ncc21. The summed E-state index contributed by atoms with van der Waals surface area (Å²) in [5.74, 6) is 0.373. The average Bonchev–Trinajstić information content (AvgIpc) is 3.04. The molecule has 0 fully saturated rings. The third-order valence-electron chi connectivity index (χ3n) is 4.61. The van der Waals surface area contributed by atoms with E-state index in [2.05, 4.69) is 25.5 Å². The van der Waals surface area contributed by atoms with Crippen molar-refractivity contribution in [1.82, 2.24) is 25.2 Å². The normalized spacial score (nSPS) is 10.8. The number of para-hydroxylation sites is 1. The molecule has 29 heavy (non-hydrogen) atoms. The van der Waals surface area contributed by atoms with E-state index in [1.54, 1.807) is 6.20 Å². The predicted octanol–water partition coefficient (Wildman–Crippen LogP) is 1.99. The van der Waals surface area contributed by atoms with E-state index < -0.39 is 6.03 Å². The Kier molecular flexibility index (Phi) is 6.22. The number of nitrogens with two attached hydrogens (primary N) is 1. The topological polar surface area (TPSA) is 135 Å². The number of anilines is 1. The van der Waals surface area contributed by atoms with Gasteiger partial charge in [0.1, 0.15) is 5.82 Å².